The van der Waals surface area contributed by atoms with E-state index in [4.69, 9.17) is 0 Å². The van der Waals surface area contributed by atoms with E-state index in [1.54, 1.807) is 0 Å². The summed E-state index contributed by atoms with van der Waals surface area (Å²) in [4.78, 5) is 0. The molecule has 0 nitrogen and oxygen atoms in total. The second-order valence-corrected chi connectivity index (χ2v) is 10.2. The van der Waals surface area contributed by atoms with Gasteiger partial charge in [0.2, 0.25) is 0 Å². The van der Waals surface area contributed by atoms with Gasteiger partial charge in [-0.05, 0) is 72.6 Å². The Balaban J connectivity index is 1.28. The lowest BCUT2D eigenvalue weighted by Gasteiger charge is -2.20. The number of hydrogen-bond acceptors (Lipinski definition) is 0. The highest BCUT2D eigenvalue weighted by atomic mass is 14.2. The van der Waals surface area contributed by atoms with Crippen LogP contribution >= 0.6 is 0 Å². The van der Waals surface area contributed by atoms with Gasteiger partial charge in [0.25, 0.3) is 0 Å². The molecule has 0 aromatic heterocycles. The predicted octanol–water partition coefficient (Wildman–Crippen LogP) is 10.5. The van der Waals surface area contributed by atoms with Crippen molar-refractivity contribution in [2.75, 3.05) is 0 Å². The number of hydrogen-bond donors (Lipinski definition) is 0. The number of benzene rings is 7. The van der Waals surface area contributed by atoms with Crippen LogP contribution in [-0.2, 0) is 0 Å². The fourth-order valence-electron chi connectivity index (χ4n) is 5.84. The summed E-state index contributed by atoms with van der Waals surface area (Å²) < 4.78 is 0. The van der Waals surface area contributed by atoms with Crippen molar-refractivity contribution >= 4 is 21.5 Å². The van der Waals surface area contributed by atoms with Crippen LogP contribution in [0.15, 0.2) is 164 Å². The van der Waals surface area contributed by atoms with E-state index in [1.165, 1.54) is 60.5 Å². The second-order valence-electron chi connectivity index (χ2n) is 10.2. The van der Waals surface area contributed by atoms with Crippen molar-refractivity contribution in [3.63, 3.8) is 0 Å². The van der Waals surface area contributed by atoms with Crippen LogP contribution in [0.3, 0.4) is 0 Å². The van der Waals surface area contributed by atoms with Crippen LogP contribution < -0.4 is 0 Å². The van der Waals surface area contributed by atoms with Crippen molar-refractivity contribution in [3.8, 4) is 22.3 Å². The topological polar surface area (TPSA) is 0 Å². The van der Waals surface area contributed by atoms with Gasteiger partial charge < -0.3 is 0 Å². The summed E-state index contributed by atoms with van der Waals surface area (Å²) in [5.41, 5.74) is 8.84. The van der Waals surface area contributed by atoms with Gasteiger partial charge in [-0.25, -0.2) is 0 Å². The Bertz CT molecular complexity index is 1860. The summed E-state index contributed by atoms with van der Waals surface area (Å²) in [7, 11) is 0. The molecule has 7 aromatic carbocycles. The Morgan fingerprint density at radius 3 is 1.51 bits per heavy atom. The zero-order valence-corrected chi connectivity index (χ0v) is 21.7. The smallest absolute Gasteiger partial charge is 0.0340 e. The van der Waals surface area contributed by atoms with Gasteiger partial charge in [-0.1, -0.05) is 152 Å². The first-order valence-electron chi connectivity index (χ1n) is 13.6. The lowest BCUT2D eigenvalue weighted by molar-refractivity contribution is 0.978. The molecule has 0 atom stereocenters. The maximum atomic E-state index is 2.36. The van der Waals surface area contributed by atoms with E-state index in [0.29, 0.717) is 0 Å². The monoisotopic (exact) mass is 496 g/mol. The summed E-state index contributed by atoms with van der Waals surface area (Å²) in [5, 5.41) is 5.16. The minimum Gasteiger partial charge on any atom is -0.0622 e. The van der Waals surface area contributed by atoms with Gasteiger partial charge in [0.05, 0.1) is 0 Å². The molecule has 7 rings (SSSR count). The maximum Gasteiger partial charge on any atom is 0.0340 e. The third-order valence-corrected chi connectivity index (χ3v) is 7.76. The van der Waals surface area contributed by atoms with Gasteiger partial charge in [0.1, 0.15) is 0 Å². The van der Waals surface area contributed by atoms with Gasteiger partial charge in [-0.2, -0.15) is 0 Å². The minimum absolute atomic E-state index is 0.186. The molecule has 0 N–H and O–H groups in total. The molecular weight excluding hydrogens is 468 g/mol. The van der Waals surface area contributed by atoms with Crippen LogP contribution in [0.25, 0.3) is 43.8 Å². The van der Waals surface area contributed by atoms with E-state index in [0.717, 1.165) is 0 Å². The van der Waals surface area contributed by atoms with E-state index >= 15 is 0 Å². The van der Waals surface area contributed by atoms with Gasteiger partial charge in [-0.3, -0.25) is 0 Å². The van der Waals surface area contributed by atoms with E-state index in [-0.39, 0.29) is 5.92 Å². The Morgan fingerprint density at radius 1 is 0.282 bits per heavy atom. The van der Waals surface area contributed by atoms with E-state index in [1.807, 2.05) is 0 Å². The van der Waals surface area contributed by atoms with Crippen molar-refractivity contribution in [3.05, 3.63) is 180 Å². The van der Waals surface area contributed by atoms with E-state index in [2.05, 4.69) is 164 Å². The summed E-state index contributed by atoms with van der Waals surface area (Å²) in [5.74, 6) is 0.186. The van der Waals surface area contributed by atoms with Crippen molar-refractivity contribution < 1.29 is 0 Å². The molecule has 39 heavy (non-hydrogen) atoms. The predicted molar refractivity (Wildman–Crippen MR) is 166 cm³/mol. The molecule has 0 heteroatoms. The molecule has 0 spiro atoms. The van der Waals surface area contributed by atoms with Crippen molar-refractivity contribution in [1.82, 2.24) is 0 Å². The highest BCUT2D eigenvalue weighted by Crippen LogP contribution is 2.35. The maximum absolute atomic E-state index is 2.36. The van der Waals surface area contributed by atoms with Crippen molar-refractivity contribution in [1.29, 1.82) is 0 Å². The standard InChI is InChI=1S/C39H28/c1-3-12-29(13-4-1)39(30-14-5-2-6-15-30)36-19-10-18-33(27-36)31-16-9-17-32(25-31)34-23-24-38-35(26-34)22-21-28-11-7-8-20-37(28)38/h1-27,39H. The van der Waals surface area contributed by atoms with Crippen LogP contribution in [0.5, 0.6) is 0 Å². The summed E-state index contributed by atoms with van der Waals surface area (Å²) in [6, 6.07) is 59.5. The lowest BCUT2D eigenvalue weighted by atomic mass is 9.84. The molecule has 0 aliphatic rings. The molecule has 0 fully saturated rings. The molecule has 0 saturated carbocycles. The summed E-state index contributed by atoms with van der Waals surface area (Å²) >= 11 is 0. The normalized spacial score (nSPS) is 11.3. The highest BCUT2D eigenvalue weighted by Gasteiger charge is 2.17. The van der Waals surface area contributed by atoms with Gasteiger partial charge in [-0.15, -0.1) is 0 Å². The molecule has 0 heterocycles. The third kappa shape index (κ3) is 4.51. The van der Waals surface area contributed by atoms with Gasteiger partial charge in [0.15, 0.2) is 0 Å². The molecule has 0 aliphatic carbocycles. The molecule has 7 aromatic rings. The molecule has 0 bridgehead atoms. The van der Waals surface area contributed by atoms with Crippen LogP contribution in [0.2, 0.25) is 0 Å². The molecule has 0 saturated heterocycles. The van der Waals surface area contributed by atoms with E-state index < -0.39 is 0 Å². The van der Waals surface area contributed by atoms with Crippen LogP contribution in [0, 0.1) is 0 Å². The lowest BCUT2D eigenvalue weighted by Crippen LogP contribution is -2.03. The zero-order valence-electron chi connectivity index (χ0n) is 21.7. The van der Waals surface area contributed by atoms with Crippen LogP contribution in [-0.4, -0.2) is 0 Å². The molecule has 0 radical (unpaired) electrons. The SMILES string of the molecule is c1ccc(C(c2ccccc2)c2cccc(-c3cccc(-c4ccc5c(ccc6ccccc65)c4)c3)c2)cc1. The van der Waals surface area contributed by atoms with E-state index in [9.17, 15) is 0 Å². The van der Waals surface area contributed by atoms with Crippen LogP contribution in [0.1, 0.15) is 22.6 Å². The quantitative estimate of drug-likeness (QED) is 0.164. The second kappa shape index (κ2) is 10.1. The average molecular weight is 497 g/mol. The fraction of sp³-hybridized carbons (Fsp3) is 0.0256. The number of fused-ring (bicyclic) bond motifs is 3. The molecule has 0 unspecified atom stereocenters. The Labute approximate surface area is 229 Å². The first-order chi connectivity index (χ1) is 19.3. The van der Waals surface area contributed by atoms with Crippen molar-refractivity contribution in [2.45, 2.75) is 5.92 Å². The van der Waals surface area contributed by atoms with Gasteiger partial charge in [0, 0.05) is 5.92 Å². The fourth-order valence-corrected chi connectivity index (χ4v) is 5.84. The average Bonchev–Trinajstić information content (AvgIpc) is 3.02. The Hall–Kier alpha value is -4.94. The summed E-state index contributed by atoms with van der Waals surface area (Å²) in [6.07, 6.45) is 0. The van der Waals surface area contributed by atoms with Gasteiger partial charge >= 0.3 is 0 Å². The molecule has 0 amide bonds. The van der Waals surface area contributed by atoms with Crippen molar-refractivity contribution in [2.24, 2.45) is 0 Å². The first-order valence-corrected chi connectivity index (χ1v) is 13.6. The zero-order chi connectivity index (χ0) is 26.0. The number of rotatable bonds is 5. The van der Waals surface area contributed by atoms with Crippen LogP contribution in [0.4, 0.5) is 0 Å². The first kappa shape index (κ1) is 23.2. The molecule has 0 aliphatic heterocycles. The Morgan fingerprint density at radius 2 is 0.795 bits per heavy atom. The molecule has 184 valence electrons. The molecular formula is C39H28. The summed E-state index contributed by atoms with van der Waals surface area (Å²) in [6.45, 7) is 0. The minimum atomic E-state index is 0.186. The highest BCUT2D eigenvalue weighted by molar-refractivity contribution is 6.08. The largest absolute Gasteiger partial charge is 0.0622 e. The third-order valence-electron chi connectivity index (χ3n) is 7.76. The Kier molecular flexibility index (Phi) is 6.00.